The number of thiophene rings is 1. The fraction of sp³-hybridized carbons (Fsp3) is 0.0943. The highest BCUT2D eigenvalue weighted by atomic mass is 32.1. The summed E-state index contributed by atoms with van der Waals surface area (Å²) in [5, 5.41) is 9.72. The van der Waals surface area contributed by atoms with Crippen LogP contribution in [0.25, 0.3) is 80.4 Å². The van der Waals surface area contributed by atoms with Crippen molar-refractivity contribution in [1.29, 1.82) is 0 Å². The summed E-state index contributed by atoms with van der Waals surface area (Å²) in [6.45, 7) is 2.36. The van der Waals surface area contributed by atoms with Crippen LogP contribution in [0.2, 0.25) is 0 Å². The van der Waals surface area contributed by atoms with Crippen LogP contribution in [0.1, 0.15) is 42.5 Å². The highest BCUT2D eigenvalue weighted by molar-refractivity contribution is 7.26. The van der Waals surface area contributed by atoms with Gasteiger partial charge in [-0.15, -0.1) is 11.3 Å². The molecule has 0 aliphatic carbocycles. The van der Waals surface area contributed by atoms with Gasteiger partial charge in [0.1, 0.15) is 11.2 Å². The Labute approximate surface area is 339 Å². The highest BCUT2D eigenvalue weighted by Gasteiger charge is 2.28. The lowest BCUT2D eigenvalue weighted by atomic mass is 9.87. The lowest BCUT2D eigenvalue weighted by Crippen LogP contribution is -2.18. The van der Waals surface area contributed by atoms with Crippen LogP contribution in [0.4, 0.5) is 0 Å². The van der Waals surface area contributed by atoms with Crippen LogP contribution in [0.3, 0.4) is 0 Å². The third-order valence-electron chi connectivity index (χ3n) is 12.2. The van der Waals surface area contributed by atoms with Gasteiger partial charge in [0.05, 0.1) is 33.9 Å². The number of rotatable bonds is 4. The van der Waals surface area contributed by atoms with Gasteiger partial charge >= 0.3 is 0 Å². The number of aromatic nitrogens is 1. The molecule has 4 nitrogen and oxygen atoms in total. The number of nitrogens with zero attached hydrogens (tertiary/aromatic N) is 3. The van der Waals surface area contributed by atoms with Crippen LogP contribution in [-0.2, 0) is 0 Å². The number of amidine groups is 1. The van der Waals surface area contributed by atoms with Gasteiger partial charge in [0.2, 0.25) is 0 Å². The Morgan fingerprint density at radius 1 is 0.603 bits per heavy atom. The zero-order valence-corrected chi connectivity index (χ0v) is 32.7. The van der Waals surface area contributed by atoms with Gasteiger partial charge in [-0.25, -0.2) is 4.99 Å². The standard InChI is InChI=1S/C53H37N3OS/c1-32-26-27-43(40-22-13-21-39-38-19-9-12-25-49(38)58-52(39)40)54-53(33-14-3-2-4-15-33)55-51(32)36-30-46(50-41-20-8-11-24-47(41)57-48(50)31-36)56-44-23-10-7-18-37(44)42-28-34-16-5-6-17-35(34)29-45(42)56/h2-25,28-32,51H,26-27H2,1H3. The lowest BCUT2D eigenvalue weighted by molar-refractivity contribution is 0.446. The molecule has 0 spiro atoms. The van der Waals surface area contributed by atoms with E-state index in [0.29, 0.717) is 0 Å². The average molecular weight is 764 g/mol. The van der Waals surface area contributed by atoms with Crippen molar-refractivity contribution in [2.75, 3.05) is 0 Å². The second kappa shape index (κ2) is 13.1. The normalized spacial score (nSPS) is 16.4. The van der Waals surface area contributed by atoms with Crippen molar-refractivity contribution in [3.63, 3.8) is 0 Å². The van der Waals surface area contributed by atoms with E-state index < -0.39 is 0 Å². The van der Waals surface area contributed by atoms with E-state index in [4.69, 9.17) is 14.4 Å². The van der Waals surface area contributed by atoms with Gasteiger partial charge in [0, 0.05) is 47.5 Å². The van der Waals surface area contributed by atoms with Crippen molar-refractivity contribution in [2.45, 2.75) is 25.8 Å². The molecule has 0 saturated carbocycles. The van der Waals surface area contributed by atoms with E-state index in [1.54, 1.807) is 0 Å². The molecule has 0 amide bonds. The number of furan rings is 1. The quantitative estimate of drug-likeness (QED) is 0.176. The van der Waals surface area contributed by atoms with Crippen LogP contribution >= 0.6 is 11.3 Å². The molecule has 1 aliphatic heterocycles. The first-order valence-corrected chi connectivity index (χ1v) is 21.0. The molecule has 5 heteroatoms. The molecule has 1 aliphatic rings. The van der Waals surface area contributed by atoms with E-state index >= 15 is 0 Å². The summed E-state index contributed by atoms with van der Waals surface area (Å²) in [7, 11) is 0. The Morgan fingerprint density at radius 3 is 2.21 bits per heavy atom. The second-order valence-electron chi connectivity index (χ2n) is 15.7. The van der Waals surface area contributed by atoms with E-state index in [1.807, 2.05) is 11.3 Å². The van der Waals surface area contributed by atoms with E-state index in [-0.39, 0.29) is 12.0 Å². The summed E-state index contributed by atoms with van der Waals surface area (Å²) >= 11 is 1.86. The number of hydrogen-bond acceptors (Lipinski definition) is 4. The van der Waals surface area contributed by atoms with Crippen LogP contribution in [0.15, 0.2) is 184 Å². The third-order valence-corrected chi connectivity index (χ3v) is 13.4. The molecule has 0 bridgehead atoms. The molecular formula is C53H37N3OS. The summed E-state index contributed by atoms with van der Waals surface area (Å²) < 4.78 is 11.8. The molecule has 0 fully saturated rings. The fourth-order valence-electron chi connectivity index (χ4n) is 9.41. The molecule has 11 aromatic rings. The molecule has 8 aromatic carbocycles. The van der Waals surface area contributed by atoms with Crippen molar-refractivity contribution in [1.82, 2.24) is 4.57 Å². The summed E-state index contributed by atoms with van der Waals surface area (Å²) in [5.74, 6) is 0.974. The minimum Gasteiger partial charge on any atom is -0.456 e. The van der Waals surface area contributed by atoms with Crippen LogP contribution in [0, 0.1) is 5.92 Å². The van der Waals surface area contributed by atoms with Gasteiger partial charge in [-0.3, -0.25) is 4.99 Å². The molecule has 58 heavy (non-hydrogen) atoms. The van der Waals surface area contributed by atoms with E-state index in [0.717, 1.165) is 63.1 Å². The lowest BCUT2D eigenvalue weighted by Gasteiger charge is -2.25. The number of hydrogen-bond donors (Lipinski definition) is 0. The minimum absolute atomic E-state index is 0.161. The molecule has 0 N–H and O–H groups in total. The maximum absolute atomic E-state index is 6.77. The Bertz CT molecular complexity index is 3490. The highest BCUT2D eigenvalue weighted by Crippen LogP contribution is 2.44. The summed E-state index contributed by atoms with van der Waals surface area (Å²) in [6.07, 6.45) is 1.78. The number of benzene rings is 8. The van der Waals surface area contributed by atoms with Gasteiger partial charge in [-0.2, -0.15) is 0 Å². The monoisotopic (exact) mass is 763 g/mol. The molecule has 2 atom stereocenters. The third kappa shape index (κ3) is 5.20. The van der Waals surface area contributed by atoms with E-state index in [2.05, 4.69) is 181 Å². The Hall–Kier alpha value is -6.82. The average Bonchev–Trinajstić information content (AvgIpc) is 3.94. The Morgan fingerprint density at radius 2 is 1.33 bits per heavy atom. The van der Waals surface area contributed by atoms with Crippen molar-refractivity contribution < 1.29 is 4.42 Å². The molecule has 4 heterocycles. The Balaban J connectivity index is 1.11. The van der Waals surface area contributed by atoms with Gasteiger partial charge < -0.3 is 8.98 Å². The van der Waals surface area contributed by atoms with Gasteiger partial charge in [0.25, 0.3) is 0 Å². The minimum atomic E-state index is -0.161. The van der Waals surface area contributed by atoms with Crippen molar-refractivity contribution in [3.05, 3.63) is 187 Å². The zero-order chi connectivity index (χ0) is 38.3. The zero-order valence-electron chi connectivity index (χ0n) is 31.9. The molecule has 0 radical (unpaired) electrons. The first kappa shape index (κ1) is 33.3. The van der Waals surface area contributed by atoms with Crippen molar-refractivity contribution in [3.8, 4) is 5.69 Å². The largest absolute Gasteiger partial charge is 0.456 e. The van der Waals surface area contributed by atoms with Crippen molar-refractivity contribution in [2.24, 2.45) is 15.9 Å². The molecule has 0 saturated heterocycles. The van der Waals surface area contributed by atoms with Gasteiger partial charge in [-0.05, 0) is 77.6 Å². The van der Waals surface area contributed by atoms with E-state index in [1.165, 1.54) is 58.3 Å². The molecule has 2 unspecified atom stereocenters. The molecule has 12 rings (SSSR count). The first-order valence-electron chi connectivity index (χ1n) is 20.2. The van der Waals surface area contributed by atoms with Gasteiger partial charge in [0.15, 0.2) is 5.84 Å². The van der Waals surface area contributed by atoms with Crippen LogP contribution in [-0.4, -0.2) is 16.1 Å². The van der Waals surface area contributed by atoms with Crippen LogP contribution < -0.4 is 0 Å². The maximum atomic E-state index is 6.77. The van der Waals surface area contributed by atoms with Crippen LogP contribution in [0.5, 0.6) is 0 Å². The molecule has 3 aromatic heterocycles. The second-order valence-corrected chi connectivity index (χ2v) is 16.8. The Kier molecular flexibility index (Phi) is 7.54. The SMILES string of the molecule is CC1CCC(c2cccc3c2sc2ccccc23)=NC(c2ccccc2)=NC1c1cc(-n2c3ccccc3c3cc4ccccc4cc32)c2c(c1)oc1ccccc12. The topological polar surface area (TPSA) is 42.8 Å². The van der Waals surface area contributed by atoms with Gasteiger partial charge in [-0.1, -0.05) is 134 Å². The predicted octanol–water partition coefficient (Wildman–Crippen LogP) is 14.6. The first-order chi connectivity index (χ1) is 28.7. The fourth-order valence-corrected chi connectivity index (χ4v) is 10.6. The molecule has 276 valence electrons. The number of fused-ring (bicyclic) bond motifs is 10. The molecular weight excluding hydrogens is 727 g/mol. The summed E-state index contributed by atoms with van der Waals surface area (Å²) in [4.78, 5) is 11.2. The smallest absolute Gasteiger partial charge is 0.155 e. The predicted molar refractivity (Wildman–Crippen MR) is 246 cm³/mol. The summed E-state index contributed by atoms with van der Waals surface area (Å²) in [5.41, 5.74) is 9.63. The number of aliphatic imine (C=N–C) groups is 2. The van der Waals surface area contributed by atoms with E-state index in [9.17, 15) is 0 Å². The summed E-state index contributed by atoms with van der Waals surface area (Å²) in [6, 6.07) is 61.0. The maximum Gasteiger partial charge on any atom is 0.155 e. The van der Waals surface area contributed by atoms with Crippen molar-refractivity contribution >= 4 is 97.6 Å². The number of para-hydroxylation sites is 2.